The highest BCUT2D eigenvalue weighted by Crippen LogP contribution is 2.33. The van der Waals surface area contributed by atoms with Gasteiger partial charge in [-0.25, -0.2) is 4.79 Å². The maximum absolute atomic E-state index is 11.9. The molecule has 168 valence electrons. The molecule has 3 rings (SSSR count). The van der Waals surface area contributed by atoms with Crippen LogP contribution in [0.4, 0.5) is 10.5 Å². The van der Waals surface area contributed by atoms with Crippen LogP contribution in [-0.2, 0) is 11.2 Å². The number of benzene rings is 1. The molecule has 0 aromatic heterocycles. The highest BCUT2D eigenvalue weighted by Gasteiger charge is 2.32. The van der Waals surface area contributed by atoms with Crippen molar-refractivity contribution in [3.8, 4) is 0 Å². The summed E-state index contributed by atoms with van der Waals surface area (Å²) in [6.45, 7) is 14.4. The molecular formula is C24H38ClN3O2. The normalized spacial score (nSPS) is 25.0. The van der Waals surface area contributed by atoms with E-state index in [1.807, 2.05) is 20.8 Å². The first-order chi connectivity index (χ1) is 14.2. The van der Waals surface area contributed by atoms with Gasteiger partial charge in [0.15, 0.2) is 0 Å². The van der Waals surface area contributed by atoms with Gasteiger partial charge < -0.3 is 15.0 Å². The lowest BCUT2D eigenvalue weighted by Crippen LogP contribution is -2.53. The molecule has 1 heterocycles. The van der Waals surface area contributed by atoms with Crippen molar-refractivity contribution in [2.45, 2.75) is 78.0 Å². The number of ether oxygens (including phenoxy) is 1. The Labute approximate surface area is 187 Å². The third-order valence-electron chi connectivity index (χ3n) is 6.27. The van der Waals surface area contributed by atoms with Crippen molar-refractivity contribution in [2.24, 2.45) is 5.92 Å². The van der Waals surface area contributed by atoms with E-state index in [0.29, 0.717) is 12.0 Å². The lowest BCUT2D eigenvalue weighted by atomic mass is 9.78. The molecule has 0 radical (unpaired) electrons. The number of amides is 1. The van der Waals surface area contributed by atoms with E-state index >= 15 is 0 Å². The van der Waals surface area contributed by atoms with E-state index in [1.165, 1.54) is 17.7 Å². The summed E-state index contributed by atoms with van der Waals surface area (Å²) in [6, 6.07) is 7.12. The first-order valence-corrected chi connectivity index (χ1v) is 11.8. The highest BCUT2D eigenvalue weighted by molar-refractivity contribution is 6.34. The summed E-state index contributed by atoms with van der Waals surface area (Å²) >= 11 is 6.66. The minimum Gasteiger partial charge on any atom is -0.444 e. The Morgan fingerprint density at radius 2 is 2.00 bits per heavy atom. The number of anilines is 1. The first-order valence-electron chi connectivity index (χ1n) is 11.4. The molecule has 1 aliphatic carbocycles. The first kappa shape index (κ1) is 23.2. The van der Waals surface area contributed by atoms with Gasteiger partial charge in [0.1, 0.15) is 5.60 Å². The van der Waals surface area contributed by atoms with E-state index in [1.54, 1.807) is 0 Å². The molecule has 1 aromatic rings. The van der Waals surface area contributed by atoms with Gasteiger partial charge in [0.25, 0.3) is 0 Å². The maximum Gasteiger partial charge on any atom is 0.407 e. The second kappa shape index (κ2) is 9.78. The second-order valence-electron chi connectivity index (χ2n) is 9.92. The van der Waals surface area contributed by atoms with Gasteiger partial charge in [-0.2, -0.15) is 0 Å². The molecule has 30 heavy (non-hydrogen) atoms. The summed E-state index contributed by atoms with van der Waals surface area (Å²) < 4.78 is 5.34. The SMILES string of the molecule is CCc1cccc(N2CCN(CCC3CC(NC(=O)OC(C)(C)C)C3)C[C@H]2C)c1Cl. The topological polar surface area (TPSA) is 44.8 Å². The number of hydrogen-bond donors (Lipinski definition) is 1. The van der Waals surface area contributed by atoms with Gasteiger partial charge in [-0.3, -0.25) is 4.90 Å². The largest absolute Gasteiger partial charge is 0.444 e. The molecule has 6 heteroatoms. The van der Waals surface area contributed by atoms with Crippen molar-refractivity contribution in [1.82, 2.24) is 10.2 Å². The quantitative estimate of drug-likeness (QED) is 0.674. The van der Waals surface area contributed by atoms with E-state index in [-0.39, 0.29) is 12.1 Å². The van der Waals surface area contributed by atoms with Crippen LogP contribution in [-0.4, -0.2) is 54.9 Å². The van der Waals surface area contributed by atoms with E-state index in [9.17, 15) is 4.79 Å². The number of aryl methyl sites for hydroxylation is 1. The Hall–Kier alpha value is -1.46. The van der Waals surface area contributed by atoms with Crippen LogP contribution < -0.4 is 10.2 Å². The molecule has 1 N–H and O–H groups in total. The molecule has 0 bridgehead atoms. The van der Waals surface area contributed by atoms with Crippen LogP contribution in [0.15, 0.2) is 18.2 Å². The number of halogens is 1. The van der Waals surface area contributed by atoms with E-state index in [2.05, 4.69) is 47.2 Å². The number of nitrogens with one attached hydrogen (secondary N) is 1. The number of carbonyl (C=O) groups excluding carboxylic acids is 1. The molecule has 2 aliphatic rings. The van der Waals surface area contributed by atoms with E-state index in [4.69, 9.17) is 16.3 Å². The summed E-state index contributed by atoms with van der Waals surface area (Å²) in [5.41, 5.74) is 1.97. The van der Waals surface area contributed by atoms with Crippen LogP contribution in [0.1, 0.15) is 59.4 Å². The van der Waals surface area contributed by atoms with Crippen molar-refractivity contribution in [2.75, 3.05) is 31.1 Å². The van der Waals surface area contributed by atoms with Crippen molar-refractivity contribution in [3.05, 3.63) is 28.8 Å². The van der Waals surface area contributed by atoms with Crippen molar-refractivity contribution >= 4 is 23.4 Å². The van der Waals surface area contributed by atoms with Gasteiger partial charge >= 0.3 is 6.09 Å². The molecule has 1 aliphatic heterocycles. The third kappa shape index (κ3) is 6.04. The fourth-order valence-corrected chi connectivity index (χ4v) is 4.95. The molecule has 5 nitrogen and oxygen atoms in total. The zero-order valence-corrected chi connectivity index (χ0v) is 20.0. The Kier molecular flexibility index (Phi) is 7.56. The predicted octanol–water partition coefficient (Wildman–Crippen LogP) is 5.11. The highest BCUT2D eigenvalue weighted by atomic mass is 35.5. The van der Waals surface area contributed by atoms with Crippen LogP contribution >= 0.6 is 11.6 Å². The van der Waals surface area contributed by atoms with Gasteiger partial charge in [-0.15, -0.1) is 0 Å². The molecule has 1 saturated carbocycles. The molecule has 1 amide bonds. The van der Waals surface area contributed by atoms with Crippen molar-refractivity contribution in [1.29, 1.82) is 0 Å². The number of nitrogens with zero attached hydrogens (tertiary/aromatic N) is 2. The Balaban J connectivity index is 1.39. The summed E-state index contributed by atoms with van der Waals surface area (Å²) in [5, 5.41) is 3.91. The van der Waals surface area contributed by atoms with Gasteiger partial charge in [-0.05, 0) is 77.5 Å². The number of rotatable bonds is 6. The van der Waals surface area contributed by atoms with Gasteiger partial charge in [0, 0.05) is 31.7 Å². The average Bonchev–Trinajstić information content (AvgIpc) is 2.62. The molecule has 1 atom stereocenters. The van der Waals surface area contributed by atoms with Gasteiger partial charge in [0.05, 0.1) is 10.7 Å². The minimum atomic E-state index is -0.436. The van der Waals surface area contributed by atoms with Gasteiger partial charge in [-0.1, -0.05) is 30.7 Å². The summed E-state index contributed by atoms with van der Waals surface area (Å²) in [5.74, 6) is 0.703. The van der Waals surface area contributed by atoms with Crippen molar-refractivity contribution in [3.63, 3.8) is 0 Å². The Bertz CT molecular complexity index is 728. The smallest absolute Gasteiger partial charge is 0.407 e. The number of piperazine rings is 1. The van der Waals surface area contributed by atoms with Gasteiger partial charge in [0.2, 0.25) is 0 Å². The lowest BCUT2D eigenvalue weighted by Gasteiger charge is -2.43. The second-order valence-corrected chi connectivity index (χ2v) is 10.3. The fraction of sp³-hybridized carbons (Fsp3) is 0.708. The monoisotopic (exact) mass is 435 g/mol. The zero-order valence-electron chi connectivity index (χ0n) is 19.2. The number of carbonyl (C=O) groups is 1. The predicted molar refractivity (Wildman–Crippen MR) is 125 cm³/mol. The molecule has 0 unspecified atom stereocenters. The van der Waals surface area contributed by atoms with Crippen LogP contribution in [0.3, 0.4) is 0 Å². The Morgan fingerprint density at radius 1 is 1.27 bits per heavy atom. The van der Waals surface area contributed by atoms with Crippen LogP contribution in [0.2, 0.25) is 5.02 Å². The van der Waals surface area contributed by atoms with Crippen LogP contribution in [0.25, 0.3) is 0 Å². The molecular weight excluding hydrogens is 398 g/mol. The maximum atomic E-state index is 11.9. The number of alkyl carbamates (subject to hydrolysis) is 1. The third-order valence-corrected chi connectivity index (χ3v) is 6.71. The van der Waals surface area contributed by atoms with Crippen LogP contribution in [0.5, 0.6) is 0 Å². The zero-order chi connectivity index (χ0) is 21.9. The summed E-state index contributed by atoms with van der Waals surface area (Å²) in [6.07, 6.45) is 4.00. The summed E-state index contributed by atoms with van der Waals surface area (Å²) in [7, 11) is 0. The van der Waals surface area contributed by atoms with Crippen LogP contribution in [0, 0.1) is 5.92 Å². The lowest BCUT2D eigenvalue weighted by molar-refractivity contribution is 0.0444. The van der Waals surface area contributed by atoms with E-state index < -0.39 is 5.60 Å². The fourth-order valence-electron chi connectivity index (χ4n) is 4.58. The molecule has 1 saturated heterocycles. The number of hydrogen-bond acceptors (Lipinski definition) is 4. The van der Waals surface area contributed by atoms with E-state index in [0.717, 1.165) is 50.5 Å². The Morgan fingerprint density at radius 3 is 2.63 bits per heavy atom. The average molecular weight is 436 g/mol. The molecule has 0 spiro atoms. The summed E-state index contributed by atoms with van der Waals surface area (Å²) in [4.78, 5) is 16.9. The molecule has 1 aromatic carbocycles. The standard InChI is InChI=1S/C24H38ClN3O2/c1-6-19-8-7-9-21(22(19)25)28-13-12-27(16-17(28)2)11-10-18-14-20(15-18)26-23(29)30-24(3,4)5/h7-9,17-18,20H,6,10-16H2,1-5H3,(H,26,29)/t17-,18?,20?/m1/s1. The minimum absolute atomic E-state index is 0.272. The molecule has 2 fully saturated rings. The van der Waals surface area contributed by atoms with Crippen molar-refractivity contribution < 1.29 is 9.53 Å².